The van der Waals surface area contributed by atoms with E-state index >= 15 is 0 Å². The number of nitrogens with one attached hydrogen (secondary N) is 1. The zero-order chi connectivity index (χ0) is 11.8. The molecule has 1 aromatic rings. The molecule has 0 aromatic heterocycles. The summed E-state index contributed by atoms with van der Waals surface area (Å²) in [5.74, 6) is -0.202. The van der Waals surface area contributed by atoms with E-state index in [0.29, 0.717) is 12.1 Å². The van der Waals surface area contributed by atoms with Gasteiger partial charge in [-0.15, -0.1) is 23.2 Å². The lowest BCUT2D eigenvalue weighted by Crippen LogP contribution is -2.19. The van der Waals surface area contributed by atoms with Crippen LogP contribution in [-0.2, 0) is 10.0 Å². The van der Waals surface area contributed by atoms with Crippen molar-refractivity contribution in [1.82, 2.24) is 0 Å². The van der Waals surface area contributed by atoms with Crippen LogP contribution in [0.3, 0.4) is 0 Å². The number of alkyl halides is 2. The zero-order valence-corrected chi connectivity index (χ0v) is 10.7. The van der Waals surface area contributed by atoms with Crippen molar-refractivity contribution >= 4 is 38.9 Å². The van der Waals surface area contributed by atoms with Gasteiger partial charge in [0.25, 0.3) is 0 Å². The molecule has 0 unspecified atom stereocenters. The molecule has 2 rings (SSSR count). The van der Waals surface area contributed by atoms with E-state index in [4.69, 9.17) is 23.2 Å². The molecule has 0 saturated heterocycles. The molecule has 0 bridgehead atoms. The number of hydrogen-bond donors (Lipinski definition) is 1. The maximum atomic E-state index is 11.7. The van der Waals surface area contributed by atoms with E-state index in [1.165, 1.54) is 0 Å². The van der Waals surface area contributed by atoms with Crippen molar-refractivity contribution in [3.8, 4) is 0 Å². The second-order valence-corrected chi connectivity index (χ2v) is 7.22. The number of halogens is 2. The number of para-hydroxylation sites is 1. The van der Waals surface area contributed by atoms with Crippen LogP contribution in [0, 0.1) is 5.92 Å². The lowest BCUT2D eigenvalue weighted by atomic mass is 10.3. The van der Waals surface area contributed by atoms with Crippen molar-refractivity contribution in [2.24, 2.45) is 5.92 Å². The Morgan fingerprint density at radius 3 is 2.38 bits per heavy atom. The van der Waals surface area contributed by atoms with Gasteiger partial charge in [-0.25, -0.2) is 8.42 Å². The summed E-state index contributed by atoms with van der Waals surface area (Å²) >= 11 is 11.6. The van der Waals surface area contributed by atoms with E-state index in [2.05, 4.69) is 4.72 Å². The van der Waals surface area contributed by atoms with Gasteiger partial charge in [0, 0.05) is 11.6 Å². The smallest absolute Gasteiger partial charge is 0.233 e. The molecule has 1 N–H and O–H groups in total. The van der Waals surface area contributed by atoms with Gasteiger partial charge < -0.3 is 0 Å². The fourth-order valence-corrected chi connectivity index (χ4v) is 3.66. The largest absolute Gasteiger partial charge is 0.284 e. The molecule has 0 aliphatic heterocycles. The molecule has 1 atom stereocenters. The van der Waals surface area contributed by atoms with Gasteiger partial charge in [0.05, 0.1) is 5.75 Å². The summed E-state index contributed by atoms with van der Waals surface area (Å²) in [7, 11) is -3.36. The van der Waals surface area contributed by atoms with Gasteiger partial charge in [0.2, 0.25) is 10.0 Å². The number of rotatable bonds is 4. The molecule has 0 spiro atoms. The van der Waals surface area contributed by atoms with Gasteiger partial charge in [-0.3, -0.25) is 4.72 Å². The molecular formula is C10H11Cl2NO2S. The minimum absolute atomic E-state index is 0.0328. The number of anilines is 1. The quantitative estimate of drug-likeness (QED) is 0.862. The van der Waals surface area contributed by atoms with Crippen LogP contribution in [0.4, 0.5) is 5.69 Å². The van der Waals surface area contributed by atoms with Crippen LogP contribution in [0.1, 0.15) is 6.42 Å². The monoisotopic (exact) mass is 279 g/mol. The molecule has 88 valence electrons. The lowest BCUT2D eigenvalue weighted by Gasteiger charge is -2.07. The van der Waals surface area contributed by atoms with Gasteiger partial charge in [0.1, 0.15) is 4.33 Å². The fraction of sp³-hybridized carbons (Fsp3) is 0.400. The third-order valence-electron chi connectivity index (χ3n) is 2.42. The highest BCUT2D eigenvalue weighted by atomic mass is 35.5. The maximum Gasteiger partial charge on any atom is 0.233 e. The number of sulfonamides is 1. The summed E-state index contributed by atoms with van der Waals surface area (Å²) in [6.07, 6.45) is 0.534. The average Bonchev–Trinajstić information content (AvgIpc) is 2.72. The van der Waals surface area contributed by atoms with Crippen LogP contribution in [0.25, 0.3) is 0 Å². The highest BCUT2D eigenvalue weighted by Gasteiger charge is 2.53. The first-order chi connectivity index (χ1) is 7.39. The first-order valence-electron chi connectivity index (χ1n) is 4.82. The molecule has 1 aliphatic rings. The van der Waals surface area contributed by atoms with E-state index in [1.54, 1.807) is 24.3 Å². The number of hydrogen-bond acceptors (Lipinski definition) is 2. The normalized spacial score (nSPS) is 22.8. The summed E-state index contributed by atoms with van der Waals surface area (Å²) in [4.78, 5) is 0. The summed E-state index contributed by atoms with van der Waals surface area (Å²) in [5.41, 5.74) is 0.554. The van der Waals surface area contributed by atoms with Gasteiger partial charge in [-0.2, -0.15) is 0 Å². The SMILES string of the molecule is O=S(=O)(C[C@@H]1CC1(Cl)Cl)Nc1ccccc1. The average molecular weight is 280 g/mol. The Kier molecular flexibility index (Phi) is 3.07. The Balaban J connectivity index is 1.99. The van der Waals surface area contributed by atoms with E-state index in [1.807, 2.05) is 6.07 Å². The van der Waals surface area contributed by atoms with Crippen molar-refractivity contribution in [2.75, 3.05) is 10.5 Å². The molecule has 1 fully saturated rings. The minimum Gasteiger partial charge on any atom is -0.284 e. The zero-order valence-electron chi connectivity index (χ0n) is 8.36. The topological polar surface area (TPSA) is 46.2 Å². The van der Waals surface area contributed by atoms with Gasteiger partial charge in [-0.05, 0) is 18.6 Å². The van der Waals surface area contributed by atoms with Crippen LogP contribution in [-0.4, -0.2) is 18.5 Å². The van der Waals surface area contributed by atoms with E-state index in [0.717, 1.165) is 0 Å². The van der Waals surface area contributed by atoms with E-state index in [-0.39, 0.29) is 11.7 Å². The van der Waals surface area contributed by atoms with Crippen LogP contribution < -0.4 is 4.72 Å². The number of benzene rings is 1. The molecule has 1 aliphatic carbocycles. The highest BCUT2D eigenvalue weighted by Crippen LogP contribution is 2.53. The second kappa shape index (κ2) is 4.09. The highest BCUT2D eigenvalue weighted by molar-refractivity contribution is 7.92. The third-order valence-corrected chi connectivity index (χ3v) is 4.74. The van der Waals surface area contributed by atoms with Crippen LogP contribution in [0.2, 0.25) is 0 Å². The Hall–Kier alpha value is -0.450. The molecule has 3 nitrogen and oxygen atoms in total. The van der Waals surface area contributed by atoms with Crippen molar-refractivity contribution in [1.29, 1.82) is 0 Å². The van der Waals surface area contributed by atoms with Crippen LogP contribution in [0.15, 0.2) is 30.3 Å². The molecule has 0 heterocycles. The molecule has 1 aromatic carbocycles. The Labute approximate surface area is 105 Å². The Bertz CT molecular complexity index is 473. The minimum atomic E-state index is -3.36. The van der Waals surface area contributed by atoms with Crippen molar-refractivity contribution < 1.29 is 8.42 Å². The Morgan fingerprint density at radius 2 is 1.88 bits per heavy atom. The van der Waals surface area contributed by atoms with Crippen molar-refractivity contribution in [3.63, 3.8) is 0 Å². The standard InChI is InChI=1S/C10H11Cl2NO2S/c11-10(12)6-8(10)7-16(14,15)13-9-4-2-1-3-5-9/h1-5,8,13H,6-7H2/t8-/m0/s1. The van der Waals surface area contributed by atoms with Crippen molar-refractivity contribution in [2.45, 2.75) is 10.8 Å². The molecule has 0 amide bonds. The summed E-state index contributed by atoms with van der Waals surface area (Å²) < 4.78 is 25.0. The molecular weight excluding hydrogens is 269 g/mol. The van der Waals surface area contributed by atoms with Crippen LogP contribution >= 0.6 is 23.2 Å². The maximum absolute atomic E-state index is 11.7. The summed E-state index contributed by atoms with van der Waals surface area (Å²) in [5, 5.41) is 0. The predicted molar refractivity (Wildman–Crippen MR) is 66.4 cm³/mol. The van der Waals surface area contributed by atoms with Crippen molar-refractivity contribution in [3.05, 3.63) is 30.3 Å². The van der Waals surface area contributed by atoms with Gasteiger partial charge in [-0.1, -0.05) is 18.2 Å². The van der Waals surface area contributed by atoms with Gasteiger partial charge in [0.15, 0.2) is 0 Å². The fourth-order valence-electron chi connectivity index (χ4n) is 1.44. The molecule has 0 radical (unpaired) electrons. The molecule has 6 heteroatoms. The molecule has 16 heavy (non-hydrogen) atoms. The molecule has 1 saturated carbocycles. The first-order valence-corrected chi connectivity index (χ1v) is 7.23. The lowest BCUT2D eigenvalue weighted by molar-refractivity contribution is 0.597. The first kappa shape index (κ1) is 12.0. The third kappa shape index (κ3) is 3.03. The van der Waals surface area contributed by atoms with E-state index < -0.39 is 14.4 Å². The Morgan fingerprint density at radius 1 is 1.31 bits per heavy atom. The second-order valence-electron chi connectivity index (χ2n) is 3.91. The van der Waals surface area contributed by atoms with Crippen LogP contribution in [0.5, 0.6) is 0 Å². The van der Waals surface area contributed by atoms with Gasteiger partial charge >= 0.3 is 0 Å². The summed E-state index contributed by atoms with van der Waals surface area (Å²) in [6, 6.07) is 8.74. The predicted octanol–water partition coefficient (Wildman–Crippen LogP) is 2.62. The summed E-state index contributed by atoms with van der Waals surface area (Å²) in [6.45, 7) is 0. The van der Waals surface area contributed by atoms with E-state index in [9.17, 15) is 8.42 Å².